The largest absolute Gasteiger partial charge is 0.488 e. The highest BCUT2D eigenvalue weighted by molar-refractivity contribution is 6.33. The van der Waals surface area contributed by atoms with Gasteiger partial charge in [-0.1, -0.05) is 11.6 Å². The average molecular weight is 397 g/mol. The quantitative estimate of drug-likeness (QED) is 0.659. The van der Waals surface area contributed by atoms with Crippen molar-refractivity contribution in [1.29, 1.82) is 0 Å². The Balaban J connectivity index is 2.12. The molecule has 2 aromatic heterocycles. The van der Waals surface area contributed by atoms with Crippen LogP contribution in [0, 0.1) is 5.82 Å². The molecule has 1 unspecified atom stereocenters. The number of ether oxygens (including phenoxy) is 1. The van der Waals surface area contributed by atoms with Gasteiger partial charge in [0.05, 0.1) is 23.0 Å². The molecule has 0 amide bonds. The maximum Gasteiger partial charge on any atom is 0.222 e. The van der Waals surface area contributed by atoms with Gasteiger partial charge in [-0.2, -0.15) is 0 Å². The lowest BCUT2D eigenvalue weighted by atomic mass is 10.1. The van der Waals surface area contributed by atoms with Crippen LogP contribution in [-0.4, -0.2) is 31.2 Å². The first-order chi connectivity index (χ1) is 12.2. The summed E-state index contributed by atoms with van der Waals surface area (Å²) in [6.45, 7) is 5.47. The second kappa shape index (κ2) is 5.77. The minimum Gasteiger partial charge on any atom is -0.488 e. The molecule has 0 saturated heterocycles. The molecule has 1 aromatic carbocycles. The van der Waals surface area contributed by atoms with Gasteiger partial charge in [-0.15, -0.1) is 0 Å². The van der Waals surface area contributed by atoms with Crippen LogP contribution in [0.1, 0.15) is 32.6 Å². The van der Waals surface area contributed by atoms with E-state index in [9.17, 15) is 9.50 Å². The number of aliphatic hydroxyl groups is 1. The Kier molecular flexibility index (Phi) is 3.87. The fraction of sp³-hybridized carbons (Fsp3) is 0.353. The first kappa shape index (κ1) is 17.5. The van der Waals surface area contributed by atoms with Crippen molar-refractivity contribution in [3.05, 3.63) is 34.2 Å². The zero-order valence-corrected chi connectivity index (χ0v) is 15.7. The summed E-state index contributed by atoms with van der Waals surface area (Å²) in [5.41, 5.74) is -0.0238. The lowest BCUT2D eigenvalue weighted by molar-refractivity contribution is 0.0616. The zero-order valence-electron chi connectivity index (χ0n) is 14.2. The molecule has 3 aromatic rings. The highest BCUT2D eigenvalue weighted by Crippen LogP contribution is 2.45. The molecule has 1 aliphatic heterocycles. The molecule has 6 nitrogen and oxygen atoms in total. The number of imidazole rings is 1. The number of hydrogen-bond acceptors (Lipinski definition) is 5. The van der Waals surface area contributed by atoms with E-state index in [0.717, 1.165) is 0 Å². The Morgan fingerprint density at radius 1 is 1.35 bits per heavy atom. The topological polar surface area (TPSA) is 73.1 Å². The van der Waals surface area contributed by atoms with Crippen molar-refractivity contribution in [2.75, 3.05) is 6.61 Å². The van der Waals surface area contributed by atoms with E-state index in [4.69, 9.17) is 27.9 Å². The van der Waals surface area contributed by atoms with Crippen molar-refractivity contribution in [2.24, 2.45) is 0 Å². The van der Waals surface area contributed by atoms with E-state index >= 15 is 0 Å². The van der Waals surface area contributed by atoms with E-state index in [0.29, 0.717) is 29.3 Å². The Bertz CT molecular complexity index is 1050. The predicted octanol–water partition coefficient (Wildman–Crippen LogP) is 4.12. The molecule has 1 N–H and O–H groups in total. The summed E-state index contributed by atoms with van der Waals surface area (Å²) in [5.74, 6) is 0.207. The van der Waals surface area contributed by atoms with E-state index in [-0.39, 0.29) is 27.6 Å². The first-order valence-corrected chi connectivity index (χ1v) is 8.72. The fourth-order valence-corrected chi connectivity index (χ4v) is 3.53. The number of halogens is 3. The van der Waals surface area contributed by atoms with E-state index in [1.807, 2.05) is 6.92 Å². The number of rotatable bonds is 2. The molecule has 0 aliphatic carbocycles. The van der Waals surface area contributed by atoms with Gasteiger partial charge in [0, 0.05) is 5.56 Å². The number of benzene rings is 1. The predicted molar refractivity (Wildman–Crippen MR) is 96.2 cm³/mol. The Hall–Kier alpha value is -1.96. The van der Waals surface area contributed by atoms with Crippen LogP contribution in [0.5, 0.6) is 5.75 Å². The minimum absolute atomic E-state index is 0.00743. The van der Waals surface area contributed by atoms with Gasteiger partial charge >= 0.3 is 0 Å². The molecular weight excluding hydrogens is 382 g/mol. The molecule has 0 fully saturated rings. The molecule has 4 rings (SSSR count). The average Bonchev–Trinajstić information content (AvgIpc) is 2.98. The summed E-state index contributed by atoms with van der Waals surface area (Å²) in [7, 11) is 0. The van der Waals surface area contributed by atoms with Gasteiger partial charge in [0.15, 0.2) is 11.6 Å². The van der Waals surface area contributed by atoms with Crippen LogP contribution in [0.3, 0.4) is 0 Å². The van der Waals surface area contributed by atoms with Gasteiger partial charge in [0.25, 0.3) is 0 Å². The maximum atomic E-state index is 14.9. The smallest absolute Gasteiger partial charge is 0.222 e. The van der Waals surface area contributed by atoms with E-state index < -0.39 is 11.4 Å². The van der Waals surface area contributed by atoms with Gasteiger partial charge in [0.1, 0.15) is 29.1 Å². The summed E-state index contributed by atoms with van der Waals surface area (Å²) in [4.78, 5) is 12.3. The first-order valence-electron chi connectivity index (χ1n) is 7.97. The van der Waals surface area contributed by atoms with E-state index in [1.54, 1.807) is 18.4 Å². The Labute approximate surface area is 158 Å². The van der Waals surface area contributed by atoms with Crippen molar-refractivity contribution in [2.45, 2.75) is 32.4 Å². The molecule has 136 valence electrons. The van der Waals surface area contributed by atoms with Gasteiger partial charge in [-0.05, 0) is 38.4 Å². The van der Waals surface area contributed by atoms with Crippen molar-refractivity contribution in [3.63, 3.8) is 0 Å². The normalized spacial score (nSPS) is 16.8. The molecule has 0 saturated carbocycles. The molecule has 1 atom stereocenters. The number of hydrogen-bond donors (Lipinski definition) is 1. The highest BCUT2D eigenvalue weighted by Gasteiger charge is 2.34. The zero-order chi connectivity index (χ0) is 18.8. The van der Waals surface area contributed by atoms with Crippen LogP contribution >= 0.6 is 23.2 Å². The molecule has 26 heavy (non-hydrogen) atoms. The highest BCUT2D eigenvalue weighted by atomic mass is 35.5. The molecule has 0 radical (unpaired) electrons. The minimum atomic E-state index is -1.25. The van der Waals surface area contributed by atoms with Gasteiger partial charge in [-0.3, -0.25) is 0 Å². The Morgan fingerprint density at radius 2 is 2.08 bits per heavy atom. The van der Waals surface area contributed by atoms with Gasteiger partial charge in [0.2, 0.25) is 5.28 Å². The number of nitrogens with zero attached hydrogens (tertiary/aromatic N) is 4. The summed E-state index contributed by atoms with van der Waals surface area (Å²) < 4.78 is 22.6. The third-order valence-corrected chi connectivity index (χ3v) is 4.75. The van der Waals surface area contributed by atoms with Crippen LogP contribution in [0.25, 0.3) is 22.3 Å². The third kappa shape index (κ3) is 2.53. The van der Waals surface area contributed by atoms with Crippen molar-refractivity contribution in [3.8, 4) is 17.0 Å². The summed E-state index contributed by atoms with van der Waals surface area (Å²) in [6, 6.07) is 1.14. The van der Waals surface area contributed by atoms with Crippen LogP contribution in [0.15, 0.2) is 12.3 Å². The van der Waals surface area contributed by atoms with Crippen LogP contribution in [0.2, 0.25) is 10.3 Å². The lowest BCUT2D eigenvalue weighted by Gasteiger charge is -2.28. The van der Waals surface area contributed by atoms with Crippen LogP contribution < -0.4 is 4.74 Å². The standard InChI is InChI=1S/C17H15Cl2FN4O2/c1-7-6-26-14-8(11-9(18)5-21-16(19)23-11)4-10(20)12-13(14)24(7)15(22-12)17(2,3)25/h4-5,7,25H,6H2,1-3H3. The molecule has 9 heteroatoms. The molecule has 0 bridgehead atoms. The van der Waals surface area contributed by atoms with E-state index in [1.165, 1.54) is 12.3 Å². The molecule has 3 heterocycles. The second-order valence-corrected chi connectivity index (χ2v) is 7.54. The van der Waals surface area contributed by atoms with E-state index in [2.05, 4.69) is 15.0 Å². The van der Waals surface area contributed by atoms with Gasteiger partial charge < -0.3 is 14.4 Å². The van der Waals surface area contributed by atoms with Crippen LogP contribution in [0.4, 0.5) is 4.39 Å². The summed E-state index contributed by atoms with van der Waals surface area (Å²) >= 11 is 12.1. The number of aromatic nitrogens is 4. The Morgan fingerprint density at radius 3 is 2.77 bits per heavy atom. The monoisotopic (exact) mass is 396 g/mol. The van der Waals surface area contributed by atoms with Gasteiger partial charge in [-0.25, -0.2) is 19.3 Å². The SMILES string of the molecule is CC1COc2c(-c3nc(Cl)ncc3Cl)cc(F)c3nc(C(C)(C)O)n1c23. The van der Waals surface area contributed by atoms with Crippen LogP contribution in [-0.2, 0) is 5.60 Å². The molecular formula is C17H15Cl2FN4O2. The third-order valence-electron chi connectivity index (χ3n) is 4.29. The second-order valence-electron chi connectivity index (χ2n) is 6.79. The summed E-state index contributed by atoms with van der Waals surface area (Å²) in [6.07, 6.45) is 1.35. The van der Waals surface area contributed by atoms with Crippen molar-refractivity contribution in [1.82, 2.24) is 19.5 Å². The molecule has 0 spiro atoms. The molecule has 1 aliphatic rings. The summed E-state index contributed by atoms with van der Waals surface area (Å²) in [5, 5.41) is 10.7. The van der Waals surface area contributed by atoms with Crippen molar-refractivity contribution >= 4 is 34.2 Å². The fourth-order valence-electron chi connectivity index (χ4n) is 3.20. The lowest BCUT2D eigenvalue weighted by Crippen LogP contribution is -2.28. The van der Waals surface area contributed by atoms with Crippen molar-refractivity contribution < 1.29 is 14.2 Å². The maximum absolute atomic E-state index is 14.9.